The third-order valence-corrected chi connectivity index (χ3v) is 6.31. The number of halogens is 1. The Kier molecular flexibility index (Phi) is 10.8. The Morgan fingerprint density at radius 2 is 1.09 bits per heavy atom. The van der Waals surface area contributed by atoms with Crippen LogP contribution >= 0.6 is 0 Å². The van der Waals surface area contributed by atoms with Crippen LogP contribution in [0.15, 0.2) is 103 Å². The van der Waals surface area contributed by atoms with Gasteiger partial charge in [-0.1, -0.05) is 56.4 Å². The summed E-state index contributed by atoms with van der Waals surface area (Å²) in [6.45, 7) is 21.5. The summed E-state index contributed by atoms with van der Waals surface area (Å²) >= 11 is 0. The van der Waals surface area contributed by atoms with E-state index in [4.69, 9.17) is 18.9 Å². The van der Waals surface area contributed by atoms with E-state index < -0.39 is 29.5 Å². The van der Waals surface area contributed by atoms with Crippen LogP contribution in [0.2, 0.25) is 0 Å². The highest BCUT2D eigenvalue weighted by atomic mass is 19.1. The smallest absolute Gasteiger partial charge is 0.338 e. The van der Waals surface area contributed by atoms with E-state index >= 15 is 4.39 Å². The average Bonchev–Trinajstić information content (AvgIpc) is 2.97. The molecule has 0 saturated heterocycles. The van der Waals surface area contributed by atoms with E-state index in [9.17, 15) is 19.2 Å². The number of carbonyl (C=O) groups excluding carboxylic acids is 4. The highest BCUT2D eigenvalue weighted by Gasteiger charge is 2.33. The second kappa shape index (κ2) is 14.4. The molecule has 2 aromatic rings. The lowest BCUT2D eigenvalue weighted by molar-refractivity contribution is -0.132. The Bertz CT molecular complexity index is 1820. The van der Waals surface area contributed by atoms with Gasteiger partial charge in [-0.3, -0.25) is 0 Å². The lowest BCUT2D eigenvalue weighted by Gasteiger charge is -2.27. The molecule has 3 rings (SSSR count). The Morgan fingerprint density at radius 3 is 1.54 bits per heavy atom. The third-order valence-electron chi connectivity index (χ3n) is 6.31. The molecule has 0 fully saturated rings. The Balaban J connectivity index is 1.97. The van der Waals surface area contributed by atoms with Crippen molar-refractivity contribution in [3.63, 3.8) is 0 Å². The quantitative estimate of drug-likeness (QED) is 0.126. The van der Waals surface area contributed by atoms with Gasteiger partial charge in [-0.2, -0.15) is 0 Å². The molecule has 0 saturated carbocycles. The molecule has 46 heavy (non-hydrogen) atoms. The molecule has 236 valence electrons. The molecule has 0 bridgehead atoms. The van der Waals surface area contributed by atoms with Crippen molar-refractivity contribution in [1.29, 1.82) is 0 Å². The fourth-order valence-corrected chi connectivity index (χ4v) is 3.84. The molecule has 0 aromatic heterocycles. The molecular weight excluding hydrogens is 591 g/mol. The van der Waals surface area contributed by atoms with Gasteiger partial charge in [0.1, 0.15) is 5.67 Å². The number of hydrogen-bond donors (Lipinski definition) is 0. The van der Waals surface area contributed by atoms with Crippen LogP contribution in [-0.2, 0) is 19.2 Å². The minimum absolute atomic E-state index is 0.0114. The molecule has 0 amide bonds. The van der Waals surface area contributed by atoms with Crippen molar-refractivity contribution < 1.29 is 42.5 Å². The Morgan fingerprint density at radius 1 is 0.652 bits per heavy atom. The van der Waals surface area contributed by atoms with Crippen LogP contribution < -0.4 is 18.9 Å². The van der Waals surface area contributed by atoms with Crippen LogP contribution in [0.4, 0.5) is 4.39 Å². The zero-order valence-corrected chi connectivity index (χ0v) is 26.3. The number of allylic oxidation sites excluding steroid dienone is 4. The summed E-state index contributed by atoms with van der Waals surface area (Å²) in [5.41, 5.74) is 0.174. The first kappa shape index (κ1) is 34.7. The second-order valence-corrected chi connectivity index (χ2v) is 10.9. The van der Waals surface area contributed by atoms with Gasteiger partial charge >= 0.3 is 23.9 Å². The average molecular weight is 625 g/mol. The van der Waals surface area contributed by atoms with Crippen LogP contribution in [0, 0.1) is 11.8 Å². The molecule has 2 aromatic carbocycles. The highest BCUT2D eigenvalue weighted by Crippen LogP contribution is 2.42. The minimum atomic E-state index is -1.90. The summed E-state index contributed by atoms with van der Waals surface area (Å²) in [5.74, 6) is 2.77. The van der Waals surface area contributed by atoms with Gasteiger partial charge in [0.2, 0.25) is 0 Å². The molecule has 0 spiro atoms. The van der Waals surface area contributed by atoms with Gasteiger partial charge in [-0.15, -0.1) is 0 Å². The van der Waals surface area contributed by atoms with Crippen molar-refractivity contribution >= 4 is 29.5 Å². The van der Waals surface area contributed by atoms with Gasteiger partial charge in [-0.05, 0) is 70.0 Å². The minimum Gasteiger partial charge on any atom is -0.419 e. The van der Waals surface area contributed by atoms with Crippen molar-refractivity contribution in [3.8, 4) is 34.8 Å². The zero-order valence-electron chi connectivity index (χ0n) is 26.3. The maximum Gasteiger partial charge on any atom is 0.338 e. The third kappa shape index (κ3) is 8.89. The Labute approximate surface area is 267 Å². The van der Waals surface area contributed by atoms with Crippen molar-refractivity contribution in [2.24, 2.45) is 0 Å². The fraction of sp³-hybridized carbons (Fsp3) is 0.189. The van der Waals surface area contributed by atoms with Gasteiger partial charge < -0.3 is 18.9 Å². The Hall–Kier alpha value is -5.75. The van der Waals surface area contributed by atoms with Gasteiger partial charge in [0.25, 0.3) is 0 Å². The summed E-state index contributed by atoms with van der Waals surface area (Å²) in [5, 5.41) is 0. The molecule has 0 aliphatic heterocycles. The van der Waals surface area contributed by atoms with E-state index in [-0.39, 0.29) is 57.3 Å². The molecule has 1 atom stereocenters. The van der Waals surface area contributed by atoms with E-state index in [1.165, 1.54) is 58.9 Å². The number of alkyl halides is 1. The van der Waals surface area contributed by atoms with E-state index in [1.807, 2.05) is 0 Å². The maximum atomic E-state index is 16.1. The molecular formula is C37H33FO8. The largest absolute Gasteiger partial charge is 0.419 e. The summed E-state index contributed by atoms with van der Waals surface area (Å²) < 4.78 is 37.4. The molecule has 1 aliphatic rings. The zero-order chi connectivity index (χ0) is 34.3. The lowest BCUT2D eigenvalue weighted by atomic mass is 9.82. The van der Waals surface area contributed by atoms with Crippen molar-refractivity contribution in [2.75, 3.05) is 0 Å². The van der Waals surface area contributed by atoms with Crippen molar-refractivity contribution in [2.45, 2.75) is 46.7 Å². The van der Waals surface area contributed by atoms with Crippen LogP contribution in [0.1, 0.15) is 52.2 Å². The normalized spacial score (nSPS) is 15.1. The van der Waals surface area contributed by atoms with E-state index in [1.54, 1.807) is 24.3 Å². The first-order chi connectivity index (χ1) is 21.5. The highest BCUT2D eigenvalue weighted by molar-refractivity contribution is 5.92. The molecule has 9 heteroatoms. The molecule has 0 radical (unpaired) electrons. The van der Waals surface area contributed by atoms with E-state index in [0.717, 1.165) is 0 Å². The number of ether oxygens (including phenoxy) is 4. The predicted molar refractivity (Wildman–Crippen MR) is 172 cm³/mol. The standard InChI is InChI=1S/C37H33FO8/c1-21(2)33(39)43-29-16-13-25(18-31(29)45-35(41)23(5)6)10-11-26-12-15-28(37(9,38)20-26)27-14-17-30(44-34(40)22(3)4)32(19-27)46-36(42)24(7)8/h12-19H,1,3,5,7,20H2,2,4,6,8-9H3. The number of rotatable bonds is 9. The number of benzene rings is 2. The van der Waals surface area contributed by atoms with Gasteiger partial charge in [-0.25, -0.2) is 23.6 Å². The van der Waals surface area contributed by atoms with E-state index in [0.29, 0.717) is 16.7 Å². The van der Waals surface area contributed by atoms with Gasteiger partial charge in [0.15, 0.2) is 23.0 Å². The summed E-state index contributed by atoms with van der Waals surface area (Å²) in [6.07, 6.45) is 3.13. The number of carbonyl (C=O) groups is 4. The van der Waals surface area contributed by atoms with Crippen LogP contribution in [0.25, 0.3) is 5.57 Å². The first-order valence-electron chi connectivity index (χ1n) is 13.9. The van der Waals surface area contributed by atoms with Crippen LogP contribution in [0.5, 0.6) is 23.0 Å². The van der Waals surface area contributed by atoms with Gasteiger partial charge in [0.05, 0.1) is 0 Å². The van der Waals surface area contributed by atoms with Crippen LogP contribution in [0.3, 0.4) is 0 Å². The fourth-order valence-electron chi connectivity index (χ4n) is 3.84. The molecule has 1 aliphatic carbocycles. The number of hydrogen-bond acceptors (Lipinski definition) is 8. The molecule has 0 heterocycles. The summed E-state index contributed by atoms with van der Waals surface area (Å²) in [7, 11) is 0. The number of esters is 4. The topological polar surface area (TPSA) is 105 Å². The maximum absolute atomic E-state index is 16.1. The molecule has 8 nitrogen and oxygen atoms in total. The summed E-state index contributed by atoms with van der Waals surface area (Å²) in [4.78, 5) is 48.7. The predicted octanol–water partition coefficient (Wildman–Crippen LogP) is 7.11. The molecule has 1 unspecified atom stereocenters. The lowest BCUT2D eigenvalue weighted by Crippen LogP contribution is -2.23. The second-order valence-electron chi connectivity index (χ2n) is 10.9. The van der Waals surface area contributed by atoms with Gasteiger partial charge in [0, 0.05) is 45.9 Å². The molecule has 0 N–H and O–H groups in total. The van der Waals surface area contributed by atoms with Crippen LogP contribution in [-0.4, -0.2) is 29.5 Å². The SMILES string of the molecule is C=C(C)C(=O)Oc1ccc(C#CC2=CC=C(c3ccc(OC(=O)C(=C)C)c(OC(=O)C(=C)C)c3)C(C)(F)C2)cc1OC(=O)C(=C)C. The summed E-state index contributed by atoms with van der Waals surface area (Å²) in [6, 6.07) is 8.76. The van der Waals surface area contributed by atoms with E-state index in [2.05, 4.69) is 38.2 Å². The first-order valence-corrected chi connectivity index (χ1v) is 13.9. The monoisotopic (exact) mass is 624 g/mol. The van der Waals surface area contributed by atoms with Crippen molar-refractivity contribution in [3.05, 3.63) is 114 Å². The van der Waals surface area contributed by atoms with Crippen molar-refractivity contribution in [1.82, 2.24) is 0 Å².